The van der Waals surface area contributed by atoms with E-state index in [1.807, 2.05) is 11.0 Å². The van der Waals surface area contributed by atoms with E-state index in [4.69, 9.17) is 23.2 Å². The summed E-state index contributed by atoms with van der Waals surface area (Å²) < 4.78 is 0. The zero-order valence-corrected chi connectivity index (χ0v) is 28.8. The largest absolute Gasteiger partial charge is 0.393 e. The molecule has 2 amide bonds. The summed E-state index contributed by atoms with van der Waals surface area (Å²) in [6.45, 7) is 9.55. The summed E-state index contributed by atoms with van der Waals surface area (Å²) in [6.07, 6.45) is 12.8. The number of benzene rings is 1. The van der Waals surface area contributed by atoms with Gasteiger partial charge in [0.25, 0.3) is 0 Å². The molecule has 5 aliphatic rings. The van der Waals surface area contributed by atoms with Crippen molar-refractivity contribution in [3.05, 3.63) is 39.9 Å². The molecule has 6 nitrogen and oxygen atoms in total. The highest BCUT2D eigenvalue weighted by Crippen LogP contribution is 2.68. The highest BCUT2D eigenvalue weighted by molar-refractivity contribution is 6.42. The van der Waals surface area contributed by atoms with Gasteiger partial charge in [-0.05, 0) is 128 Å². The Labute approximate surface area is 279 Å². The van der Waals surface area contributed by atoms with Gasteiger partial charge in [-0.2, -0.15) is 0 Å². The highest BCUT2D eigenvalue weighted by atomic mass is 35.5. The van der Waals surface area contributed by atoms with Gasteiger partial charge in [0.2, 0.25) is 11.8 Å². The minimum absolute atomic E-state index is 0.0609. The van der Waals surface area contributed by atoms with Crippen LogP contribution in [0, 0.1) is 46.3 Å². The maximum atomic E-state index is 13.3. The average Bonchev–Trinajstić information content (AvgIpc) is 3.38. The molecular weight excluding hydrogens is 607 g/mol. The predicted octanol–water partition coefficient (Wildman–Crippen LogP) is 7.08. The second kappa shape index (κ2) is 13.1. The van der Waals surface area contributed by atoms with Crippen LogP contribution in [0.2, 0.25) is 10.0 Å². The molecule has 8 heteroatoms. The van der Waals surface area contributed by atoms with E-state index in [0.29, 0.717) is 78.2 Å². The van der Waals surface area contributed by atoms with Crippen molar-refractivity contribution in [3.63, 3.8) is 0 Å². The zero-order valence-electron chi connectivity index (χ0n) is 27.3. The fraction of sp³-hybridized carbons (Fsp3) is 0.730. The lowest BCUT2D eigenvalue weighted by atomic mass is 9.43. The molecule has 5 fully saturated rings. The Morgan fingerprint density at radius 1 is 0.933 bits per heavy atom. The number of hydrogen-bond donors (Lipinski definition) is 2. The Bertz CT molecular complexity index is 1300. The lowest BCUT2D eigenvalue weighted by Crippen LogP contribution is -2.58. The Morgan fingerprint density at radius 3 is 2.36 bits per heavy atom. The molecule has 0 bridgehead atoms. The third-order valence-electron chi connectivity index (χ3n) is 13.5. The summed E-state index contributed by atoms with van der Waals surface area (Å²) in [7, 11) is 0. The first-order valence-corrected chi connectivity index (χ1v) is 18.2. The quantitative estimate of drug-likeness (QED) is 0.320. The third kappa shape index (κ3) is 6.35. The average molecular weight is 660 g/mol. The van der Waals surface area contributed by atoms with Gasteiger partial charge in [-0.15, -0.1) is 0 Å². The normalized spacial score (nSPS) is 38.9. The smallest absolute Gasteiger partial charge is 0.246 e. The van der Waals surface area contributed by atoms with E-state index in [0.717, 1.165) is 37.7 Å². The second-order valence-electron chi connectivity index (χ2n) is 15.7. The molecule has 0 unspecified atom stereocenters. The molecule has 1 aliphatic heterocycles. The number of halogens is 2. The van der Waals surface area contributed by atoms with E-state index in [1.165, 1.54) is 25.7 Å². The number of nitrogens with zero attached hydrogens (tertiary/aromatic N) is 2. The van der Waals surface area contributed by atoms with Gasteiger partial charge in [0.15, 0.2) is 0 Å². The van der Waals surface area contributed by atoms with Crippen LogP contribution in [0.1, 0.15) is 90.5 Å². The summed E-state index contributed by atoms with van der Waals surface area (Å²) in [6, 6.07) is 5.28. The van der Waals surface area contributed by atoms with E-state index in [-0.39, 0.29) is 34.9 Å². The molecule has 6 rings (SSSR count). The van der Waals surface area contributed by atoms with Crippen LogP contribution in [-0.2, 0) is 9.59 Å². The van der Waals surface area contributed by atoms with E-state index >= 15 is 0 Å². The first-order valence-electron chi connectivity index (χ1n) is 17.5. The molecule has 0 spiro atoms. The number of carbonyl (C=O) groups is 2. The summed E-state index contributed by atoms with van der Waals surface area (Å²) in [4.78, 5) is 29.8. The van der Waals surface area contributed by atoms with Crippen LogP contribution in [0.3, 0.4) is 0 Å². The maximum Gasteiger partial charge on any atom is 0.246 e. The SMILES string of the molecule is C[C@H](CCC(=O)N1CCN(C(=O)/C=C/c2ccc(Cl)c(Cl)c2)CC1)[C@H]1CC[C@H]2[C@@H]3[C@@H](O)C[C@@H]4C[C@H](O)CC[C@]4(C)[C@H]3CC[C@]12C. The van der Waals surface area contributed by atoms with Crippen molar-refractivity contribution in [3.8, 4) is 0 Å². The molecule has 248 valence electrons. The van der Waals surface area contributed by atoms with Crippen molar-refractivity contribution >= 4 is 41.1 Å². The number of amides is 2. The number of aliphatic hydroxyl groups is 2. The second-order valence-corrected chi connectivity index (χ2v) is 16.5. The summed E-state index contributed by atoms with van der Waals surface area (Å²) in [5.41, 5.74) is 1.29. The van der Waals surface area contributed by atoms with Crippen molar-refractivity contribution in [1.82, 2.24) is 9.80 Å². The summed E-state index contributed by atoms with van der Waals surface area (Å²) in [5, 5.41) is 22.9. The number of fused-ring (bicyclic) bond motifs is 5. The molecule has 0 aromatic heterocycles. The Balaban J connectivity index is 0.997. The number of hydrogen-bond acceptors (Lipinski definition) is 4. The van der Waals surface area contributed by atoms with Gasteiger partial charge in [0, 0.05) is 38.7 Å². The molecule has 0 radical (unpaired) electrons. The van der Waals surface area contributed by atoms with Crippen molar-refractivity contribution in [2.45, 2.75) is 97.2 Å². The Kier molecular flexibility index (Phi) is 9.72. The fourth-order valence-corrected chi connectivity index (χ4v) is 11.3. The van der Waals surface area contributed by atoms with Gasteiger partial charge in [-0.1, -0.05) is 50.0 Å². The van der Waals surface area contributed by atoms with Crippen LogP contribution < -0.4 is 0 Å². The Hall–Kier alpha value is -1.60. The van der Waals surface area contributed by atoms with Crippen molar-refractivity contribution < 1.29 is 19.8 Å². The molecule has 1 aromatic carbocycles. The minimum Gasteiger partial charge on any atom is -0.393 e. The van der Waals surface area contributed by atoms with Crippen LogP contribution >= 0.6 is 23.2 Å². The molecule has 10 atom stereocenters. The third-order valence-corrected chi connectivity index (χ3v) is 14.3. The molecule has 2 N–H and O–H groups in total. The first-order chi connectivity index (χ1) is 21.4. The van der Waals surface area contributed by atoms with E-state index < -0.39 is 0 Å². The van der Waals surface area contributed by atoms with Crippen LogP contribution in [0.4, 0.5) is 0 Å². The molecule has 4 saturated carbocycles. The van der Waals surface area contributed by atoms with E-state index in [1.54, 1.807) is 29.2 Å². The lowest BCUT2D eigenvalue weighted by Gasteiger charge is -2.62. The molecule has 4 aliphatic carbocycles. The van der Waals surface area contributed by atoms with Gasteiger partial charge in [-0.3, -0.25) is 9.59 Å². The molecular formula is C37H52Cl2N2O4. The number of piperazine rings is 1. The van der Waals surface area contributed by atoms with Gasteiger partial charge >= 0.3 is 0 Å². The zero-order chi connectivity index (χ0) is 32.1. The van der Waals surface area contributed by atoms with Gasteiger partial charge in [0.05, 0.1) is 22.3 Å². The van der Waals surface area contributed by atoms with Crippen LogP contribution in [0.15, 0.2) is 24.3 Å². The van der Waals surface area contributed by atoms with E-state index in [9.17, 15) is 19.8 Å². The van der Waals surface area contributed by atoms with E-state index in [2.05, 4.69) is 20.8 Å². The van der Waals surface area contributed by atoms with Crippen molar-refractivity contribution in [1.29, 1.82) is 0 Å². The Morgan fingerprint density at radius 2 is 1.62 bits per heavy atom. The topological polar surface area (TPSA) is 81.1 Å². The molecule has 1 heterocycles. The minimum atomic E-state index is -0.254. The molecule has 1 aromatic rings. The number of carbonyl (C=O) groups excluding carboxylic acids is 2. The van der Waals surface area contributed by atoms with Crippen molar-refractivity contribution in [2.24, 2.45) is 46.3 Å². The van der Waals surface area contributed by atoms with Gasteiger partial charge < -0.3 is 20.0 Å². The summed E-state index contributed by atoms with van der Waals surface area (Å²) >= 11 is 12.1. The van der Waals surface area contributed by atoms with Crippen LogP contribution in [0.5, 0.6) is 0 Å². The molecule has 1 saturated heterocycles. The monoisotopic (exact) mass is 658 g/mol. The van der Waals surface area contributed by atoms with Crippen LogP contribution in [0.25, 0.3) is 6.08 Å². The maximum absolute atomic E-state index is 13.3. The number of aliphatic hydroxyl groups excluding tert-OH is 2. The van der Waals surface area contributed by atoms with Gasteiger partial charge in [0.1, 0.15) is 0 Å². The van der Waals surface area contributed by atoms with Gasteiger partial charge in [-0.25, -0.2) is 0 Å². The van der Waals surface area contributed by atoms with Crippen LogP contribution in [-0.4, -0.2) is 70.2 Å². The fourth-order valence-electron chi connectivity index (χ4n) is 11.0. The standard InChI is InChI=1S/C37H52Cl2N2O4/c1-23(4-10-33(44)40-16-18-41(19-17-40)34(45)11-6-24-5-9-30(38)31(39)20-24)27-7-8-28-35-29(13-15-37(27,28)3)36(2)14-12-26(42)21-25(36)22-32(35)43/h5-6,9,11,20,23,25-29,32,35,42-43H,4,7-8,10,12-19,21-22H2,1-3H3/b11-6+/t23-,25+,26-,27-,28+,29+,32+,35+,36+,37-/m1/s1. The number of rotatable bonds is 6. The summed E-state index contributed by atoms with van der Waals surface area (Å²) in [5.74, 6) is 3.10. The predicted molar refractivity (Wildman–Crippen MR) is 180 cm³/mol. The van der Waals surface area contributed by atoms with Crippen molar-refractivity contribution in [2.75, 3.05) is 26.2 Å². The lowest BCUT2D eigenvalue weighted by molar-refractivity contribution is -0.174. The highest BCUT2D eigenvalue weighted by Gasteiger charge is 2.62. The first kappa shape index (κ1) is 33.3. The molecule has 45 heavy (non-hydrogen) atoms.